The second-order valence-electron chi connectivity index (χ2n) is 28.2. The maximum Gasteiger partial charge on any atom is 0.311 e. The van der Waals surface area contributed by atoms with E-state index in [9.17, 15) is 50.4 Å². The number of aliphatic hydroxyl groups excluding tert-OH is 8. The monoisotopic (exact) mass is 1300 g/mol. The van der Waals surface area contributed by atoms with Crippen LogP contribution < -0.4 is 0 Å². The molecule has 0 aromatic heterocycles. The van der Waals surface area contributed by atoms with E-state index in [2.05, 4.69) is 27.7 Å². The summed E-state index contributed by atoms with van der Waals surface area (Å²) in [5, 5.41) is 89.7. The molecule has 0 aromatic carbocycles. The molecule has 15 heteroatoms. The topological polar surface area (TPSA) is 242 Å². The van der Waals surface area contributed by atoms with Crippen LogP contribution in [-0.2, 0) is 33.3 Å². The molecule has 4 unspecified atom stereocenters. The summed E-state index contributed by atoms with van der Waals surface area (Å²) in [5.74, 6) is -2.93. The highest BCUT2D eigenvalue weighted by Crippen LogP contribution is 2.31. The predicted octanol–water partition coefficient (Wildman–Crippen LogP) is 16.8. The number of carbonyl (C=O) groups excluding carboxylic acids is 2. The van der Waals surface area contributed by atoms with Crippen molar-refractivity contribution in [3.05, 3.63) is 0 Å². The van der Waals surface area contributed by atoms with E-state index < -0.39 is 111 Å². The normalized spacial score (nSPS) is 23.3. The second kappa shape index (κ2) is 58.6. The van der Waals surface area contributed by atoms with Gasteiger partial charge in [-0.25, -0.2) is 0 Å². The van der Waals surface area contributed by atoms with Crippen LogP contribution in [0.4, 0.5) is 0 Å². The van der Waals surface area contributed by atoms with Gasteiger partial charge in [-0.15, -0.1) is 0 Å². The molecular weight excluding hydrogens is 1150 g/mol. The van der Waals surface area contributed by atoms with Gasteiger partial charge >= 0.3 is 11.9 Å². The first-order valence-electron chi connectivity index (χ1n) is 39.1. The van der Waals surface area contributed by atoms with Crippen LogP contribution in [0.15, 0.2) is 0 Å². The van der Waals surface area contributed by atoms with E-state index in [1.54, 1.807) is 0 Å². The number of carbonyl (C=O) groups is 2. The molecule has 540 valence electrons. The Bertz CT molecular complexity index is 1510. The quantitative estimate of drug-likeness (QED) is 0.0209. The molecule has 2 fully saturated rings. The summed E-state index contributed by atoms with van der Waals surface area (Å²) >= 11 is 0. The first kappa shape index (κ1) is 85.6. The molecule has 0 spiro atoms. The average molecular weight is 1300 g/mol. The lowest BCUT2D eigenvalue weighted by atomic mass is 9.91. The molecule has 0 aliphatic carbocycles. The Morgan fingerprint density at radius 3 is 0.703 bits per heavy atom. The highest BCUT2D eigenvalue weighted by atomic mass is 16.8. The zero-order valence-corrected chi connectivity index (χ0v) is 59.1. The summed E-state index contributed by atoms with van der Waals surface area (Å²) in [5.41, 5.74) is 0. The second-order valence-corrected chi connectivity index (χ2v) is 28.2. The van der Waals surface area contributed by atoms with Gasteiger partial charge in [-0.05, 0) is 25.7 Å². The first-order valence-corrected chi connectivity index (χ1v) is 39.1. The van der Waals surface area contributed by atoms with Gasteiger partial charge in [0.25, 0.3) is 0 Å². The van der Waals surface area contributed by atoms with E-state index in [1.807, 2.05) is 0 Å². The maximum absolute atomic E-state index is 14.0. The van der Waals surface area contributed by atoms with Gasteiger partial charge in [-0.1, -0.05) is 349 Å². The van der Waals surface area contributed by atoms with Crippen molar-refractivity contribution in [2.45, 2.75) is 448 Å². The van der Waals surface area contributed by atoms with Crippen molar-refractivity contribution >= 4 is 11.9 Å². The summed E-state index contributed by atoms with van der Waals surface area (Å²) < 4.78 is 29.3. The molecule has 2 rings (SSSR count). The fourth-order valence-electron chi connectivity index (χ4n) is 13.5. The van der Waals surface area contributed by atoms with Gasteiger partial charge in [0, 0.05) is 0 Å². The minimum Gasteiger partial charge on any atom is -0.463 e. The van der Waals surface area contributed by atoms with E-state index >= 15 is 0 Å². The Balaban J connectivity index is 2.03. The fraction of sp³-hybridized carbons (Fsp3) is 0.974. The zero-order chi connectivity index (χ0) is 66.4. The lowest BCUT2D eigenvalue weighted by molar-refractivity contribution is -0.376. The van der Waals surface area contributed by atoms with E-state index in [0.717, 1.165) is 103 Å². The molecule has 2 heterocycles. The third kappa shape index (κ3) is 41.4. The third-order valence-corrected chi connectivity index (χ3v) is 19.9. The number of unbranched alkanes of at least 4 members (excludes halogenated alkanes) is 46. The van der Waals surface area contributed by atoms with Crippen molar-refractivity contribution < 1.29 is 74.1 Å². The number of rotatable bonds is 64. The molecule has 2 aliphatic rings. The Kier molecular flexibility index (Phi) is 55.1. The van der Waals surface area contributed by atoms with Gasteiger partial charge in [0.2, 0.25) is 0 Å². The number of hydrogen-bond acceptors (Lipinski definition) is 15. The van der Waals surface area contributed by atoms with Crippen molar-refractivity contribution in [2.24, 2.45) is 11.8 Å². The average Bonchev–Trinajstić information content (AvgIpc) is 1.06. The van der Waals surface area contributed by atoms with E-state index in [0.29, 0.717) is 25.7 Å². The van der Waals surface area contributed by atoms with Gasteiger partial charge in [0.1, 0.15) is 62.0 Å². The lowest BCUT2D eigenvalue weighted by Gasteiger charge is -2.44. The van der Waals surface area contributed by atoms with Gasteiger partial charge in [-0.3, -0.25) is 9.59 Å². The molecule has 2 aliphatic heterocycles. The number of hydrogen-bond donors (Lipinski definition) is 8. The molecule has 0 aromatic rings. The van der Waals surface area contributed by atoms with Crippen molar-refractivity contribution in [1.29, 1.82) is 0 Å². The predicted molar refractivity (Wildman–Crippen MR) is 367 cm³/mol. The molecule has 14 atom stereocenters. The summed E-state index contributed by atoms with van der Waals surface area (Å²) in [6.45, 7) is 7.86. The summed E-state index contributed by atoms with van der Waals surface area (Å²) in [4.78, 5) is 27.9. The van der Waals surface area contributed by atoms with Crippen LogP contribution in [0.5, 0.6) is 0 Å². The molecule has 91 heavy (non-hydrogen) atoms. The van der Waals surface area contributed by atoms with Gasteiger partial charge in [-0.2, -0.15) is 0 Å². The van der Waals surface area contributed by atoms with Crippen molar-refractivity contribution in [2.75, 3.05) is 13.2 Å². The molecule has 2 saturated heterocycles. The van der Waals surface area contributed by atoms with Crippen molar-refractivity contribution in [3.63, 3.8) is 0 Å². The fourth-order valence-corrected chi connectivity index (χ4v) is 13.5. The SMILES string of the molecule is CCCCCCCCCCCCCCC[C@@H](O)[C@@H](CCCCCCCCCCCCCC)C(=O)OCC1O[C@H](O[C@@H]2OC(COC(=O)[C@H](CCCCCCCCCCCCCC)[C@H](O)CCCCCCCCCCCCCCC)[C@@H](O)[C@H](O)C2O)C(O)[C@@H](O)[C@@H]1O. The van der Waals surface area contributed by atoms with Crippen LogP contribution in [-0.4, -0.2) is 140 Å². The highest BCUT2D eigenvalue weighted by molar-refractivity contribution is 5.73. The van der Waals surface area contributed by atoms with Crippen LogP contribution in [0.25, 0.3) is 0 Å². The summed E-state index contributed by atoms with van der Waals surface area (Å²) in [6.07, 6.45) is 41.7. The van der Waals surface area contributed by atoms with E-state index in [4.69, 9.17) is 23.7 Å². The largest absolute Gasteiger partial charge is 0.463 e. The van der Waals surface area contributed by atoms with Crippen molar-refractivity contribution in [3.8, 4) is 0 Å². The van der Waals surface area contributed by atoms with Gasteiger partial charge < -0.3 is 64.5 Å². The van der Waals surface area contributed by atoms with E-state index in [1.165, 1.54) is 218 Å². The molecule has 0 radical (unpaired) electrons. The smallest absolute Gasteiger partial charge is 0.311 e. The maximum atomic E-state index is 14.0. The van der Waals surface area contributed by atoms with Crippen LogP contribution in [0.2, 0.25) is 0 Å². The Labute approximate surface area is 556 Å². The molecule has 8 N–H and O–H groups in total. The number of esters is 2. The van der Waals surface area contributed by atoms with Crippen molar-refractivity contribution in [1.82, 2.24) is 0 Å². The number of ether oxygens (including phenoxy) is 5. The van der Waals surface area contributed by atoms with Crippen LogP contribution in [0.3, 0.4) is 0 Å². The summed E-state index contributed by atoms with van der Waals surface area (Å²) in [6, 6.07) is 0. The molecule has 15 nitrogen and oxygen atoms in total. The molecule has 0 amide bonds. The van der Waals surface area contributed by atoms with E-state index in [-0.39, 0.29) is 0 Å². The number of aliphatic hydroxyl groups is 8. The van der Waals surface area contributed by atoms with Gasteiger partial charge in [0.15, 0.2) is 12.6 Å². The third-order valence-electron chi connectivity index (χ3n) is 19.9. The van der Waals surface area contributed by atoms with Crippen LogP contribution >= 0.6 is 0 Å². The minimum absolute atomic E-state index is 0.429. The highest BCUT2D eigenvalue weighted by Gasteiger charge is 2.50. The zero-order valence-electron chi connectivity index (χ0n) is 59.1. The Morgan fingerprint density at radius 2 is 0.484 bits per heavy atom. The Morgan fingerprint density at radius 1 is 0.286 bits per heavy atom. The molecule has 0 bridgehead atoms. The molecular formula is C76H146O15. The standard InChI is InChI=1S/C76H146O15/c1-5-9-13-17-21-25-29-33-37-41-45-49-53-57-63(77)61(55-51-47-43-39-35-31-27-23-19-15-11-7-3)73(85)87-59-65-67(79)69(81)71(83)75(89-65)91-76-72(84)70(82)68(80)66(90-76)60-88-74(86)62(56-52-48-44-40-36-32-28-24-20-16-12-8-4)64(78)58-54-50-46-42-38-34-30-26-22-18-14-10-6-2/h61-72,75-84H,5-60H2,1-4H3/t61-,62-,63-,64-,65?,66?,67-,68-,69+,70+,71?,72?,75-,76+/m1/s1. The molecule has 0 saturated carbocycles. The minimum atomic E-state index is -1.89. The first-order chi connectivity index (χ1) is 44.3. The summed E-state index contributed by atoms with van der Waals surface area (Å²) in [7, 11) is 0. The Hall–Kier alpha value is -1.50. The van der Waals surface area contributed by atoms with Gasteiger partial charge in [0.05, 0.1) is 24.0 Å². The van der Waals surface area contributed by atoms with Crippen LogP contribution in [0, 0.1) is 11.8 Å². The lowest BCUT2D eigenvalue weighted by Crippen LogP contribution is -2.64. The van der Waals surface area contributed by atoms with Crippen LogP contribution in [0.1, 0.15) is 374 Å².